The lowest BCUT2D eigenvalue weighted by molar-refractivity contribution is -0.123. The zero-order valence-corrected chi connectivity index (χ0v) is 18.0. The lowest BCUT2D eigenvalue weighted by Gasteiger charge is -2.13. The van der Waals surface area contributed by atoms with Crippen LogP contribution in [0.4, 0.5) is 5.69 Å². The smallest absolute Gasteiger partial charge is 0.338 e. The van der Waals surface area contributed by atoms with Crippen LogP contribution < -0.4 is 10.9 Å². The van der Waals surface area contributed by atoms with Crippen molar-refractivity contribution in [2.45, 2.75) is 20.0 Å². The van der Waals surface area contributed by atoms with Gasteiger partial charge in [-0.15, -0.1) is 0 Å². The maximum Gasteiger partial charge on any atom is 0.338 e. The molecule has 0 spiro atoms. The molecule has 0 aliphatic rings. The summed E-state index contributed by atoms with van der Waals surface area (Å²) in [6.45, 7) is 3.21. The van der Waals surface area contributed by atoms with Crippen LogP contribution in [0, 0.1) is 6.92 Å². The number of carbonyl (C=O) groups is 2. The fourth-order valence-corrected chi connectivity index (χ4v) is 3.54. The van der Waals surface area contributed by atoms with Gasteiger partial charge in [-0.2, -0.15) is 0 Å². The normalized spacial score (nSPS) is 11.8. The molecule has 1 atom stereocenters. The van der Waals surface area contributed by atoms with Gasteiger partial charge in [-0.1, -0.05) is 48.5 Å². The van der Waals surface area contributed by atoms with Gasteiger partial charge < -0.3 is 10.1 Å². The quantitative estimate of drug-likeness (QED) is 0.489. The van der Waals surface area contributed by atoms with Crippen LogP contribution >= 0.6 is 0 Å². The molecule has 0 aliphatic carbocycles. The highest BCUT2D eigenvalue weighted by Crippen LogP contribution is 2.18. The van der Waals surface area contributed by atoms with E-state index in [-0.39, 0.29) is 11.2 Å². The Morgan fingerprint density at radius 2 is 1.59 bits per heavy atom. The molecule has 1 N–H and O–H groups in total. The highest BCUT2D eigenvalue weighted by Gasteiger charge is 2.23. The van der Waals surface area contributed by atoms with E-state index in [2.05, 4.69) is 5.32 Å². The van der Waals surface area contributed by atoms with Gasteiger partial charge in [0.1, 0.15) is 5.69 Å². The maximum atomic E-state index is 13.0. The minimum Gasteiger partial charge on any atom is -0.449 e. The number of carbonyl (C=O) groups excluding carboxylic acids is 2. The number of aromatic nitrogens is 2. The number of ether oxygens (including phenoxy) is 1. The largest absolute Gasteiger partial charge is 0.449 e. The number of nitrogens with zero attached hydrogens (tertiary/aromatic N) is 2. The Labute approximate surface area is 184 Å². The third-order valence-electron chi connectivity index (χ3n) is 5.44. The lowest BCUT2D eigenvalue weighted by atomic mass is 10.1. The molecular weight excluding hydrogens is 406 g/mol. The highest BCUT2D eigenvalue weighted by atomic mass is 16.5. The van der Waals surface area contributed by atoms with Crippen LogP contribution in [-0.2, 0) is 16.6 Å². The molecule has 4 aromatic rings. The molecule has 0 fully saturated rings. The maximum absolute atomic E-state index is 13.0. The fourth-order valence-electron chi connectivity index (χ4n) is 3.54. The Balaban J connectivity index is 1.51. The highest BCUT2D eigenvalue weighted by molar-refractivity contribution is 5.99. The minimum atomic E-state index is -1.09. The van der Waals surface area contributed by atoms with Crippen molar-refractivity contribution in [1.82, 2.24) is 9.36 Å². The molecular formula is C25H23N3O4. The zero-order chi connectivity index (χ0) is 22.8. The average Bonchev–Trinajstić information content (AvgIpc) is 3.02. The van der Waals surface area contributed by atoms with E-state index in [9.17, 15) is 14.4 Å². The molecule has 1 heterocycles. The molecule has 0 unspecified atom stereocenters. The van der Waals surface area contributed by atoms with E-state index in [1.54, 1.807) is 42.9 Å². The molecule has 0 saturated heterocycles. The predicted octanol–water partition coefficient (Wildman–Crippen LogP) is 3.82. The van der Waals surface area contributed by atoms with Crippen LogP contribution in [0.2, 0.25) is 0 Å². The second kappa shape index (κ2) is 8.55. The molecule has 3 aromatic carbocycles. The first kappa shape index (κ1) is 21.1. The summed E-state index contributed by atoms with van der Waals surface area (Å²) in [6.07, 6.45) is -1.09. The van der Waals surface area contributed by atoms with E-state index >= 15 is 0 Å². The molecule has 0 radical (unpaired) electrons. The third-order valence-corrected chi connectivity index (χ3v) is 5.44. The average molecular weight is 429 g/mol. The summed E-state index contributed by atoms with van der Waals surface area (Å²) < 4.78 is 8.49. The second-order valence-corrected chi connectivity index (χ2v) is 7.54. The standard InChI is InChI=1S/C25H23N3O4/c1-16-22(24(30)28(27(16)3)21-11-5-4-6-12-21)26-23(29)17(2)32-25(31)20-14-13-18-9-7-8-10-19(18)15-20/h4-15,17H,1-3H3,(H,26,29)/t17-/m0/s1. The van der Waals surface area contributed by atoms with Crippen LogP contribution in [0.3, 0.4) is 0 Å². The number of nitrogens with one attached hydrogen (secondary N) is 1. The monoisotopic (exact) mass is 429 g/mol. The van der Waals surface area contributed by atoms with Crippen molar-refractivity contribution in [3.8, 4) is 5.69 Å². The number of rotatable bonds is 5. The first-order chi connectivity index (χ1) is 15.4. The van der Waals surface area contributed by atoms with E-state index in [1.807, 2.05) is 48.5 Å². The van der Waals surface area contributed by atoms with Crippen molar-refractivity contribution in [3.05, 3.63) is 94.4 Å². The summed E-state index contributed by atoms with van der Waals surface area (Å²) in [7, 11) is 1.74. The molecule has 7 heteroatoms. The van der Waals surface area contributed by atoms with Gasteiger partial charge in [0, 0.05) is 7.05 Å². The summed E-state index contributed by atoms with van der Waals surface area (Å²) >= 11 is 0. The molecule has 1 aromatic heterocycles. The van der Waals surface area contributed by atoms with Gasteiger partial charge in [-0.3, -0.25) is 14.3 Å². The van der Waals surface area contributed by atoms with E-state index in [0.717, 1.165) is 10.8 Å². The molecule has 0 bridgehead atoms. The number of esters is 1. The molecule has 32 heavy (non-hydrogen) atoms. The summed E-state index contributed by atoms with van der Waals surface area (Å²) in [5.74, 6) is -1.19. The van der Waals surface area contributed by atoms with Crippen molar-refractivity contribution in [3.63, 3.8) is 0 Å². The number of benzene rings is 3. The van der Waals surface area contributed by atoms with Crippen LogP contribution in [0.15, 0.2) is 77.6 Å². The van der Waals surface area contributed by atoms with Gasteiger partial charge in [0.25, 0.3) is 11.5 Å². The van der Waals surface area contributed by atoms with Gasteiger partial charge in [0.2, 0.25) is 0 Å². The Bertz CT molecular complexity index is 1370. The first-order valence-corrected chi connectivity index (χ1v) is 10.2. The minimum absolute atomic E-state index is 0.148. The zero-order valence-electron chi connectivity index (χ0n) is 18.0. The SMILES string of the molecule is Cc1c(NC(=O)[C@H](C)OC(=O)c2ccc3ccccc3c2)c(=O)n(-c2ccccc2)n1C. The first-order valence-electron chi connectivity index (χ1n) is 10.2. The Kier molecular flexibility index (Phi) is 5.64. The van der Waals surface area contributed by atoms with Crippen molar-refractivity contribution in [2.24, 2.45) is 7.05 Å². The molecule has 162 valence electrons. The number of amides is 1. The van der Waals surface area contributed by atoms with Gasteiger partial charge in [-0.25, -0.2) is 9.48 Å². The summed E-state index contributed by atoms with van der Waals surface area (Å²) in [4.78, 5) is 38.2. The predicted molar refractivity (Wildman–Crippen MR) is 123 cm³/mol. The summed E-state index contributed by atoms with van der Waals surface area (Å²) in [5.41, 5.74) is 1.40. The van der Waals surface area contributed by atoms with Crippen molar-refractivity contribution >= 4 is 28.3 Å². The number of hydrogen-bond donors (Lipinski definition) is 1. The molecule has 1 amide bonds. The molecule has 4 rings (SSSR count). The van der Waals surface area contributed by atoms with E-state index in [1.165, 1.54) is 11.6 Å². The van der Waals surface area contributed by atoms with Gasteiger partial charge >= 0.3 is 5.97 Å². The van der Waals surface area contributed by atoms with Gasteiger partial charge in [0.15, 0.2) is 6.10 Å². The van der Waals surface area contributed by atoms with Gasteiger partial charge in [0.05, 0.1) is 16.9 Å². The van der Waals surface area contributed by atoms with Crippen LogP contribution in [0.25, 0.3) is 16.5 Å². The molecule has 0 aliphatic heterocycles. The van der Waals surface area contributed by atoms with E-state index in [4.69, 9.17) is 4.74 Å². The van der Waals surface area contributed by atoms with Gasteiger partial charge in [-0.05, 0) is 48.9 Å². The van der Waals surface area contributed by atoms with Crippen LogP contribution in [0.1, 0.15) is 23.0 Å². The van der Waals surface area contributed by atoms with E-state index < -0.39 is 18.0 Å². The van der Waals surface area contributed by atoms with E-state index in [0.29, 0.717) is 16.9 Å². The van der Waals surface area contributed by atoms with Crippen molar-refractivity contribution in [2.75, 3.05) is 5.32 Å². The number of hydrogen-bond acceptors (Lipinski definition) is 4. The van der Waals surface area contributed by atoms with Crippen molar-refractivity contribution in [1.29, 1.82) is 0 Å². The summed E-state index contributed by atoms with van der Waals surface area (Å²) in [6, 6.07) is 22.0. The number of anilines is 1. The fraction of sp³-hybridized carbons (Fsp3) is 0.160. The Morgan fingerprint density at radius 3 is 2.31 bits per heavy atom. The lowest BCUT2D eigenvalue weighted by Crippen LogP contribution is -2.32. The van der Waals surface area contributed by atoms with Crippen LogP contribution in [0.5, 0.6) is 0 Å². The molecule has 0 saturated carbocycles. The number of para-hydroxylation sites is 1. The van der Waals surface area contributed by atoms with Crippen molar-refractivity contribution < 1.29 is 14.3 Å². The van der Waals surface area contributed by atoms with Crippen LogP contribution in [-0.4, -0.2) is 27.3 Å². The Hall–Kier alpha value is -4.13. The summed E-state index contributed by atoms with van der Waals surface area (Å²) in [5, 5.41) is 4.53. The number of fused-ring (bicyclic) bond motifs is 1. The Morgan fingerprint density at radius 1 is 0.938 bits per heavy atom. The molecule has 7 nitrogen and oxygen atoms in total. The third kappa shape index (κ3) is 3.92. The topological polar surface area (TPSA) is 82.3 Å². The second-order valence-electron chi connectivity index (χ2n) is 7.54.